The molecule has 158 valence electrons. The summed E-state index contributed by atoms with van der Waals surface area (Å²) in [4.78, 5) is 16.3. The fourth-order valence-corrected chi connectivity index (χ4v) is 7.02. The van der Waals surface area contributed by atoms with E-state index in [9.17, 15) is 4.79 Å². The first-order chi connectivity index (χ1) is 13.7. The van der Waals surface area contributed by atoms with E-state index in [0.717, 1.165) is 11.7 Å². The molecule has 0 N–H and O–H groups in total. The molecule has 2 aliphatic carbocycles. The third kappa shape index (κ3) is 3.32. The van der Waals surface area contributed by atoms with Crippen LogP contribution in [0.2, 0.25) is 0 Å². The lowest BCUT2D eigenvalue weighted by atomic mass is 9.49. The second-order valence-corrected chi connectivity index (χ2v) is 10.7. The Bertz CT molecular complexity index is 834. The minimum absolute atomic E-state index is 0.162. The standard InChI is InChI=1S/C25H36N2OS/c1-6-27-22(28)15-26(23(27)29)16-24(4)12-7-13-25(5)20-10-8-18(17(2)3)14-19(20)9-11-21(24)25/h8,10,14,17,21H,6-7,9,11-13,15-16H2,1-5H3/t21-,24-,25+/m0/s1. The fourth-order valence-electron chi connectivity index (χ4n) is 6.66. The van der Waals surface area contributed by atoms with Gasteiger partial charge in [-0.3, -0.25) is 9.69 Å². The van der Waals surface area contributed by atoms with Crippen LogP contribution in [-0.4, -0.2) is 40.5 Å². The van der Waals surface area contributed by atoms with Crippen molar-refractivity contribution in [2.24, 2.45) is 11.3 Å². The van der Waals surface area contributed by atoms with Gasteiger partial charge in [0.2, 0.25) is 5.91 Å². The summed E-state index contributed by atoms with van der Waals surface area (Å²) in [5, 5.41) is 0.740. The summed E-state index contributed by atoms with van der Waals surface area (Å²) in [6.45, 7) is 13.6. The van der Waals surface area contributed by atoms with Crippen LogP contribution in [-0.2, 0) is 16.6 Å². The molecule has 0 bridgehead atoms. The molecule has 1 amide bonds. The summed E-state index contributed by atoms with van der Waals surface area (Å²) in [5.74, 6) is 1.38. The summed E-state index contributed by atoms with van der Waals surface area (Å²) in [6.07, 6.45) is 6.17. The van der Waals surface area contributed by atoms with E-state index < -0.39 is 0 Å². The van der Waals surface area contributed by atoms with E-state index in [4.69, 9.17) is 12.2 Å². The molecule has 1 saturated carbocycles. The molecule has 0 unspecified atom stereocenters. The first-order valence-corrected chi connectivity index (χ1v) is 11.8. The van der Waals surface area contributed by atoms with Crippen LogP contribution in [0.1, 0.15) is 82.9 Å². The SMILES string of the molecule is CCN1C(=O)CN(C[C@]2(C)CCC[C@]3(C)c4ccc(C(C)C)cc4CC[C@@H]23)C1=S. The van der Waals surface area contributed by atoms with Crippen molar-refractivity contribution >= 4 is 23.2 Å². The van der Waals surface area contributed by atoms with E-state index in [1.165, 1.54) is 37.7 Å². The highest BCUT2D eigenvalue weighted by molar-refractivity contribution is 7.80. The van der Waals surface area contributed by atoms with E-state index in [1.54, 1.807) is 16.0 Å². The Morgan fingerprint density at radius 3 is 2.66 bits per heavy atom. The van der Waals surface area contributed by atoms with Crippen molar-refractivity contribution in [3.8, 4) is 0 Å². The van der Waals surface area contributed by atoms with Gasteiger partial charge in [-0.2, -0.15) is 0 Å². The largest absolute Gasteiger partial charge is 0.339 e. The van der Waals surface area contributed by atoms with Crippen LogP contribution >= 0.6 is 12.2 Å². The molecule has 3 nitrogen and oxygen atoms in total. The van der Waals surface area contributed by atoms with Crippen molar-refractivity contribution in [3.63, 3.8) is 0 Å². The predicted molar refractivity (Wildman–Crippen MR) is 123 cm³/mol. The van der Waals surface area contributed by atoms with Gasteiger partial charge < -0.3 is 4.90 Å². The number of carbonyl (C=O) groups excluding carboxylic acids is 1. The Labute approximate surface area is 181 Å². The van der Waals surface area contributed by atoms with E-state index in [2.05, 4.69) is 50.8 Å². The van der Waals surface area contributed by atoms with Crippen molar-refractivity contribution in [1.29, 1.82) is 0 Å². The lowest BCUT2D eigenvalue weighted by molar-refractivity contribution is -0.125. The zero-order chi connectivity index (χ0) is 21.0. The number of likely N-dealkylation sites (N-methyl/N-ethyl adjacent to an activating group) is 1. The highest BCUT2D eigenvalue weighted by atomic mass is 32.1. The van der Waals surface area contributed by atoms with E-state index in [-0.39, 0.29) is 16.7 Å². The maximum atomic E-state index is 12.4. The maximum Gasteiger partial charge on any atom is 0.248 e. The average Bonchev–Trinajstić information content (AvgIpc) is 2.93. The molecule has 0 aromatic heterocycles. The summed E-state index contributed by atoms with van der Waals surface area (Å²) in [7, 11) is 0. The van der Waals surface area contributed by atoms with Gasteiger partial charge in [-0.05, 0) is 84.2 Å². The minimum Gasteiger partial charge on any atom is -0.339 e. The second-order valence-electron chi connectivity index (χ2n) is 10.4. The highest BCUT2D eigenvalue weighted by Crippen LogP contribution is 2.57. The molecule has 1 aromatic carbocycles. The smallest absolute Gasteiger partial charge is 0.248 e. The zero-order valence-corrected chi connectivity index (χ0v) is 19.6. The first kappa shape index (κ1) is 20.8. The molecule has 1 aliphatic heterocycles. The Morgan fingerprint density at radius 1 is 1.24 bits per heavy atom. The number of thiocarbonyl (C=S) groups is 1. The van der Waals surface area contributed by atoms with Crippen LogP contribution in [0, 0.1) is 11.3 Å². The van der Waals surface area contributed by atoms with Gasteiger partial charge in [0.25, 0.3) is 0 Å². The molecule has 3 atom stereocenters. The molecular formula is C25H36N2OS. The van der Waals surface area contributed by atoms with Crippen LogP contribution in [0.15, 0.2) is 18.2 Å². The molecule has 2 fully saturated rings. The number of benzene rings is 1. The summed E-state index contributed by atoms with van der Waals surface area (Å²) in [6, 6.07) is 7.27. The lowest BCUT2D eigenvalue weighted by Crippen LogP contribution is -2.53. The Balaban J connectivity index is 1.63. The van der Waals surface area contributed by atoms with Crippen LogP contribution < -0.4 is 0 Å². The second kappa shape index (κ2) is 7.37. The number of rotatable bonds is 4. The molecule has 29 heavy (non-hydrogen) atoms. The van der Waals surface area contributed by atoms with Gasteiger partial charge in [-0.15, -0.1) is 0 Å². The molecule has 4 heteroatoms. The van der Waals surface area contributed by atoms with Crippen LogP contribution in [0.25, 0.3) is 0 Å². The van der Waals surface area contributed by atoms with E-state index in [0.29, 0.717) is 24.9 Å². The maximum absolute atomic E-state index is 12.4. The number of hydrogen-bond donors (Lipinski definition) is 0. The monoisotopic (exact) mass is 412 g/mol. The number of hydrogen-bond acceptors (Lipinski definition) is 2. The molecule has 0 radical (unpaired) electrons. The quantitative estimate of drug-likeness (QED) is 0.630. The number of amides is 1. The van der Waals surface area contributed by atoms with Crippen molar-refractivity contribution in [3.05, 3.63) is 34.9 Å². The molecule has 0 spiro atoms. The van der Waals surface area contributed by atoms with E-state index in [1.807, 2.05) is 6.92 Å². The molecular weight excluding hydrogens is 376 g/mol. The minimum atomic E-state index is 0.162. The van der Waals surface area contributed by atoms with Gasteiger partial charge in [0, 0.05) is 13.1 Å². The van der Waals surface area contributed by atoms with Crippen LogP contribution in [0.4, 0.5) is 0 Å². The topological polar surface area (TPSA) is 23.6 Å². The number of nitrogens with zero attached hydrogens (tertiary/aromatic N) is 2. The third-order valence-corrected chi connectivity index (χ3v) is 8.64. The van der Waals surface area contributed by atoms with Crippen molar-refractivity contribution in [1.82, 2.24) is 9.80 Å². The normalized spacial score (nSPS) is 32.0. The number of fused-ring (bicyclic) bond motifs is 3. The molecule has 4 rings (SSSR count). The molecule has 1 heterocycles. The zero-order valence-electron chi connectivity index (χ0n) is 18.8. The average molecular weight is 413 g/mol. The lowest BCUT2D eigenvalue weighted by Gasteiger charge is -2.56. The summed E-state index contributed by atoms with van der Waals surface area (Å²) >= 11 is 5.66. The molecule has 1 aromatic rings. The number of carbonyl (C=O) groups is 1. The molecule has 1 saturated heterocycles. The summed E-state index contributed by atoms with van der Waals surface area (Å²) in [5.41, 5.74) is 5.04. The number of aryl methyl sites for hydroxylation is 1. The van der Waals surface area contributed by atoms with Gasteiger partial charge >= 0.3 is 0 Å². The summed E-state index contributed by atoms with van der Waals surface area (Å²) < 4.78 is 0. The van der Waals surface area contributed by atoms with Crippen molar-refractivity contribution in [2.75, 3.05) is 19.6 Å². The van der Waals surface area contributed by atoms with Crippen LogP contribution in [0.5, 0.6) is 0 Å². The fraction of sp³-hybridized carbons (Fsp3) is 0.680. The molecule has 3 aliphatic rings. The van der Waals surface area contributed by atoms with Crippen molar-refractivity contribution in [2.45, 2.75) is 78.1 Å². The third-order valence-electron chi connectivity index (χ3n) is 8.16. The predicted octanol–water partition coefficient (Wildman–Crippen LogP) is 5.27. The van der Waals surface area contributed by atoms with Crippen molar-refractivity contribution < 1.29 is 4.79 Å². The van der Waals surface area contributed by atoms with Gasteiger partial charge in [-0.1, -0.05) is 52.3 Å². The van der Waals surface area contributed by atoms with E-state index >= 15 is 0 Å². The Kier molecular flexibility index (Phi) is 5.30. The van der Waals surface area contributed by atoms with Gasteiger partial charge in [0.1, 0.15) is 0 Å². The van der Waals surface area contributed by atoms with Crippen LogP contribution in [0.3, 0.4) is 0 Å². The highest BCUT2D eigenvalue weighted by Gasteiger charge is 2.53. The Hall–Kier alpha value is -1.42. The van der Waals surface area contributed by atoms with Gasteiger partial charge in [0.05, 0.1) is 6.54 Å². The first-order valence-electron chi connectivity index (χ1n) is 11.4. The van der Waals surface area contributed by atoms with Gasteiger partial charge in [-0.25, -0.2) is 0 Å². The Morgan fingerprint density at radius 2 is 2.00 bits per heavy atom. The van der Waals surface area contributed by atoms with Gasteiger partial charge in [0.15, 0.2) is 5.11 Å².